The van der Waals surface area contributed by atoms with Gasteiger partial charge in [0.1, 0.15) is 17.5 Å². The molecule has 1 aromatic heterocycles. The van der Waals surface area contributed by atoms with E-state index in [0.29, 0.717) is 62.0 Å². The van der Waals surface area contributed by atoms with Crippen molar-refractivity contribution in [2.75, 3.05) is 43.4 Å². The van der Waals surface area contributed by atoms with Gasteiger partial charge in [0.2, 0.25) is 17.7 Å². The number of carbonyl (C=O) groups is 5. The molecule has 14 nitrogen and oxygen atoms in total. The molecule has 3 aromatic rings. The van der Waals surface area contributed by atoms with E-state index in [-0.39, 0.29) is 35.6 Å². The average Bonchev–Trinajstić information content (AvgIpc) is 3.36. The molecule has 0 aliphatic carbocycles. The first-order valence-electron chi connectivity index (χ1n) is 16.6. The number of imide groups is 2. The van der Waals surface area contributed by atoms with E-state index < -0.39 is 29.7 Å². The first kappa shape index (κ1) is 33.4. The van der Waals surface area contributed by atoms with Crippen molar-refractivity contribution in [3.63, 3.8) is 0 Å². The third kappa shape index (κ3) is 7.17. The van der Waals surface area contributed by atoms with Crippen molar-refractivity contribution in [3.05, 3.63) is 59.7 Å². The fourth-order valence-electron chi connectivity index (χ4n) is 6.52. The number of nitrogen functional groups attached to an aromatic ring is 1. The molecule has 2 fully saturated rings. The Morgan fingerprint density at radius 3 is 2.41 bits per heavy atom. The summed E-state index contributed by atoms with van der Waals surface area (Å²) in [7, 11) is 0. The number of hydrogen-bond donors (Lipinski definition) is 3. The number of nitrogens with two attached hydrogens (primary N) is 1. The summed E-state index contributed by atoms with van der Waals surface area (Å²) in [5, 5.41) is 20.7. The van der Waals surface area contributed by atoms with Gasteiger partial charge < -0.3 is 25.4 Å². The Hall–Kier alpha value is -5.53. The third-order valence-corrected chi connectivity index (χ3v) is 9.18. The molecule has 0 radical (unpaired) electrons. The van der Waals surface area contributed by atoms with Crippen molar-refractivity contribution in [1.29, 1.82) is 0 Å². The highest BCUT2D eigenvalue weighted by molar-refractivity contribution is 6.24. The maximum absolute atomic E-state index is 13.2. The van der Waals surface area contributed by atoms with Gasteiger partial charge >= 0.3 is 0 Å². The molecular weight excluding hydrogens is 630 g/mol. The van der Waals surface area contributed by atoms with Crippen LogP contribution in [-0.4, -0.2) is 93.5 Å². The van der Waals surface area contributed by atoms with Crippen LogP contribution in [0.3, 0.4) is 0 Å². The monoisotopic (exact) mass is 669 g/mol. The van der Waals surface area contributed by atoms with Gasteiger partial charge in [-0.3, -0.25) is 34.2 Å². The second-order valence-electron chi connectivity index (χ2n) is 12.4. The molecule has 0 saturated carbocycles. The summed E-state index contributed by atoms with van der Waals surface area (Å²) in [5.41, 5.74) is 8.31. The maximum atomic E-state index is 13.2. The van der Waals surface area contributed by atoms with Crippen LogP contribution >= 0.6 is 0 Å². The molecule has 3 aliphatic rings. The first-order valence-corrected chi connectivity index (χ1v) is 16.6. The van der Waals surface area contributed by atoms with Crippen molar-refractivity contribution in [1.82, 2.24) is 25.3 Å². The van der Waals surface area contributed by atoms with Crippen LogP contribution in [0, 0.1) is 0 Å². The molecule has 14 heteroatoms. The smallest absolute Gasteiger partial charge is 0.266 e. The number of rotatable bonds is 12. The van der Waals surface area contributed by atoms with E-state index in [0.717, 1.165) is 42.7 Å². The van der Waals surface area contributed by atoms with Gasteiger partial charge in [0, 0.05) is 44.6 Å². The zero-order valence-electron chi connectivity index (χ0n) is 27.1. The number of carbonyl (C=O) groups excluding carboxylic acids is 5. The Morgan fingerprint density at radius 1 is 0.898 bits per heavy atom. The van der Waals surface area contributed by atoms with Gasteiger partial charge in [0.25, 0.3) is 11.8 Å². The van der Waals surface area contributed by atoms with E-state index in [9.17, 15) is 29.1 Å². The fraction of sp³-hybridized carbons (Fsp3) is 0.400. The number of aromatic nitrogens is 2. The number of piperidine rings is 1. The number of nitrogens with zero attached hydrogens (tertiary/aromatic N) is 5. The number of piperazine rings is 1. The summed E-state index contributed by atoms with van der Waals surface area (Å²) in [6, 6.07) is 12.6. The van der Waals surface area contributed by atoms with E-state index in [1.165, 1.54) is 0 Å². The summed E-state index contributed by atoms with van der Waals surface area (Å²) in [4.78, 5) is 67.9. The van der Waals surface area contributed by atoms with Crippen LogP contribution in [0.4, 0.5) is 11.5 Å². The van der Waals surface area contributed by atoms with Crippen LogP contribution in [0.25, 0.3) is 11.3 Å². The molecule has 2 saturated heterocycles. The molecule has 5 amide bonds. The summed E-state index contributed by atoms with van der Waals surface area (Å²) >= 11 is 0. The van der Waals surface area contributed by atoms with Gasteiger partial charge in [-0.15, -0.1) is 10.2 Å². The predicted octanol–water partition coefficient (Wildman–Crippen LogP) is 2.90. The number of benzene rings is 2. The lowest BCUT2D eigenvalue weighted by Crippen LogP contribution is -2.54. The van der Waals surface area contributed by atoms with E-state index in [4.69, 9.17) is 10.5 Å². The van der Waals surface area contributed by atoms with Crippen LogP contribution in [-0.2, 0) is 14.4 Å². The van der Waals surface area contributed by atoms with Crippen LogP contribution < -0.4 is 20.7 Å². The van der Waals surface area contributed by atoms with Gasteiger partial charge in [0.05, 0.1) is 29.1 Å². The Kier molecular flexibility index (Phi) is 10.0. The van der Waals surface area contributed by atoms with Crippen molar-refractivity contribution < 1.29 is 33.8 Å². The minimum absolute atomic E-state index is 0.0593. The molecule has 4 N–H and O–H groups in total. The van der Waals surface area contributed by atoms with Crippen LogP contribution in [0.1, 0.15) is 72.1 Å². The lowest BCUT2D eigenvalue weighted by molar-refractivity contribution is -0.136. The number of ether oxygens (including phenoxy) is 1. The summed E-state index contributed by atoms with van der Waals surface area (Å²) in [6.45, 7) is 2.73. The highest BCUT2D eigenvalue weighted by Gasteiger charge is 2.46. The number of amides is 5. The van der Waals surface area contributed by atoms with Crippen molar-refractivity contribution in [3.8, 4) is 22.8 Å². The molecular formula is C35H39N7O7. The van der Waals surface area contributed by atoms with Gasteiger partial charge in [-0.1, -0.05) is 37.5 Å². The van der Waals surface area contributed by atoms with Gasteiger partial charge in [0.15, 0.2) is 5.82 Å². The number of hydrogen-bond acceptors (Lipinski definition) is 11. The van der Waals surface area contributed by atoms with Crippen LogP contribution in [0.5, 0.6) is 11.5 Å². The van der Waals surface area contributed by atoms with E-state index in [2.05, 4.69) is 20.4 Å². The van der Waals surface area contributed by atoms with Crippen LogP contribution in [0.2, 0.25) is 0 Å². The standard InChI is InChI=1S/C35H39N7O7/c36-32-26(21-24(38-39-32)22-9-5-6-11-27(22)43)40-16-18-41(19-17-40)30(45)13-4-2-1-3-7-20-49-28-12-8-10-23-31(28)35(48)42(34(23)47)25-14-15-29(44)37-33(25)46/h5-6,8-12,21,25,43H,1-4,7,13-20H2,(H2,36,39)(H,37,44,46). The molecule has 6 rings (SSSR count). The van der Waals surface area contributed by atoms with Crippen LogP contribution in [0.15, 0.2) is 48.5 Å². The quantitative estimate of drug-likeness (QED) is 0.190. The number of unbranched alkanes of at least 4 members (excludes halogenated alkanes) is 4. The second kappa shape index (κ2) is 14.7. The molecule has 49 heavy (non-hydrogen) atoms. The number of nitrogens with one attached hydrogen (secondary N) is 1. The van der Waals surface area contributed by atoms with Gasteiger partial charge in [-0.2, -0.15) is 0 Å². The SMILES string of the molecule is Nc1nnc(-c2ccccc2O)cc1N1CCN(C(=O)CCCCCCCOc2cccc3c2C(=O)N(C2CCC(=O)NC2=O)C3=O)CC1. The normalized spacial score (nSPS) is 17.7. The highest BCUT2D eigenvalue weighted by atomic mass is 16.5. The van der Waals surface area contributed by atoms with E-state index >= 15 is 0 Å². The summed E-state index contributed by atoms with van der Waals surface area (Å²) in [5.74, 6) is -1.38. The Bertz CT molecular complexity index is 1770. The number of phenols is 1. The van der Waals surface area contributed by atoms with Crippen molar-refractivity contribution in [2.24, 2.45) is 0 Å². The highest BCUT2D eigenvalue weighted by Crippen LogP contribution is 2.34. The van der Waals surface area contributed by atoms with Crippen molar-refractivity contribution in [2.45, 2.75) is 57.4 Å². The maximum Gasteiger partial charge on any atom is 0.266 e. The summed E-state index contributed by atoms with van der Waals surface area (Å²) in [6.07, 6.45) is 4.84. The number of para-hydroxylation sites is 1. The molecule has 2 aromatic carbocycles. The molecule has 0 spiro atoms. The molecule has 1 unspecified atom stereocenters. The predicted molar refractivity (Wildman–Crippen MR) is 179 cm³/mol. The number of anilines is 2. The fourth-order valence-corrected chi connectivity index (χ4v) is 6.52. The first-order chi connectivity index (χ1) is 23.7. The summed E-state index contributed by atoms with van der Waals surface area (Å²) < 4.78 is 5.91. The van der Waals surface area contributed by atoms with E-state index in [1.54, 1.807) is 36.4 Å². The average molecular weight is 670 g/mol. The van der Waals surface area contributed by atoms with Gasteiger partial charge in [-0.05, 0) is 49.6 Å². The van der Waals surface area contributed by atoms with E-state index in [1.807, 2.05) is 17.0 Å². The Balaban J connectivity index is 0.894. The number of aromatic hydroxyl groups is 1. The lowest BCUT2D eigenvalue weighted by Gasteiger charge is -2.36. The third-order valence-electron chi connectivity index (χ3n) is 9.18. The van der Waals surface area contributed by atoms with Gasteiger partial charge in [-0.25, -0.2) is 0 Å². The molecule has 1 atom stereocenters. The number of fused-ring (bicyclic) bond motifs is 1. The number of phenolic OH excluding ortho intramolecular Hbond substituents is 1. The minimum Gasteiger partial charge on any atom is -0.507 e. The Labute approximate surface area is 283 Å². The molecule has 3 aliphatic heterocycles. The lowest BCUT2D eigenvalue weighted by atomic mass is 10.0. The second-order valence-corrected chi connectivity index (χ2v) is 12.4. The largest absolute Gasteiger partial charge is 0.507 e. The zero-order valence-corrected chi connectivity index (χ0v) is 27.1. The Morgan fingerprint density at radius 2 is 1.63 bits per heavy atom. The van der Waals surface area contributed by atoms with Crippen molar-refractivity contribution >= 4 is 41.0 Å². The zero-order chi connectivity index (χ0) is 34.5. The molecule has 0 bridgehead atoms. The minimum atomic E-state index is -1.02. The molecule has 256 valence electrons. The topological polar surface area (TPSA) is 188 Å². The molecule has 4 heterocycles.